The molecule has 0 aliphatic carbocycles. The van der Waals surface area contributed by atoms with E-state index in [1.165, 1.54) is 0 Å². The monoisotopic (exact) mass is 264 g/mol. The molecule has 0 bridgehead atoms. The Bertz CT molecular complexity index is 431. The summed E-state index contributed by atoms with van der Waals surface area (Å²) in [6, 6.07) is 5.77. The van der Waals surface area contributed by atoms with Gasteiger partial charge in [0.1, 0.15) is 12.0 Å². The van der Waals surface area contributed by atoms with E-state index in [1.54, 1.807) is 0 Å². The summed E-state index contributed by atoms with van der Waals surface area (Å²) in [5.74, 6) is 0.893. The van der Waals surface area contributed by atoms with E-state index in [4.69, 9.17) is 4.43 Å². The maximum Gasteiger partial charge on any atom is 0.250 e. The predicted molar refractivity (Wildman–Crippen MR) is 79.0 cm³/mol. The Morgan fingerprint density at radius 1 is 1.28 bits per heavy atom. The first-order valence-corrected chi connectivity index (χ1v) is 9.39. The second kappa shape index (κ2) is 5.27. The van der Waals surface area contributed by atoms with Crippen LogP contribution in [0.2, 0.25) is 18.1 Å². The zero-order chi connectivity index (χ0) is 14.0. The fraction of sp³-hybridized carbons (Fsp3) is 0.533. The van der Waals surface area contributed by atoms with Crippen molar-refractivity contribution in [3.05, 3.63) is 29.3 Å². The summed E-state index contributed by atoms with van der Waals surface area (Å²) in [5, 5.41) is 0.183. The largest absolute Gasteiger partial charge is 0.543 e. The van der Waals surface area contributed by atoms with E-state index in [2.05, 4.69) is 40.8 Å². The Labute approximate surface area is 111 Å². The lowest BCUT2D eigenvalue weighted by atomic mass is 10.1. The van der Waals surface area contributed by atoms with Crippen LogP contribution in [-0.4, -0.2) is 14.6 Å². The van der Waals surface area contributed by atoms with Gasteiger partial charge in [-0.05, 0) is 48.3 Å². The van der Waals surface area contributed by atoms with Crippen molar-refractivity contribution in [2.75, 3.05) is 0 Å². The highest BCUT2D eigenvalue weighted by atomic mass is 28.4. The van der Waals surface area contributed by atoms with Crippen molar-refractivity contribution in [1.29, 1.82) is 0 Å². The van der Waals surface area contributed by atoms with Gasteiger partial charge in [-0.25, -0.2) is 0 Å². The van der Waals surface area contributed by atoms with Gasteiger partial charge in [0.25, 0.3) is 0 Å². The third-order valence-corrected chi connectivity index (χ3v) is 8.16. The van der Waals surface area contributed by atoms with Gasteiger partial charge in [-0.1, -0.05) is 27.7 Å². The van der Waals surface area contributed by atoms with Crippen molar-refractivity contribution >= 4 is 14.6 Å². The SMILES string of the molecule is CCc1cc(O[Si](C)(C)C(C)(C)C)ccc1C=O. The highest BCUT2D eigenvalue weighted by Gasteiger charge is 2.38. The van der Waals surface area contributed by atoms with Crippen molar-refractivity contribution in [3.63, 3.8) is 0 Å². The summed E-state index contributed by atoms with van der Waals surface area (Å²) in [4.78, 5) is 10.9. The van der Waals surface area contributed by atoms with Crippen LogP contribution in [0.25, 0.3) is 0 Å². The molecule has 18 heavy (non-hydrogen) atoms. The van der Waals surface area contributed by atoms with Crippen LogP contribution in [-0.2, 0) is 6.42 Å². The van der Waals surface area contributed by atoms with E-state index in [1.807, 2.05) is 18.2 Å². The van der Waals surface area contributed by atoms with Gasteiger partial charge in [0.05, 0.1) is 0 Å². The standard InChI is InChI=1S/C15H24O2Si/c1-7-12-10-14(9-8-13(12)11-16)17-18(5,6)15(2,3)4/h8-11H,7H2,1-6H3. The molecule has 0 aliphatic rings. The van der Waals surface area contributed by atoms with Gasteiger partial charge in [-0.2, -0.15) is 0 Å². The molecule has 3 heteroatoms. The number of hydrogen-bond acceptors (Lipinski definition) is 2. The molecule has 1 rings (SSSR count). The second-order valence-electron chi connectivity index (χ2n) is 6.19. The smallest absolute Gasteiger partial charge is 0.250 e. The van der Waals surface area contributed by atoms with E-state index >= 15 is 0 Å². The molecular weight excluding hydrogens is 240 g/mol. The molecular formula is C15H24O2Si. The molecule has 0 aromatic heterocycles. The van der Waals surface area contributed by atoms with Gasteiger partial charge in [-0.15, -0.1) is 0 Å². The minimum Gasteiger partial charge on any atom is -0.543 e. The maximum absolute atomic E-state index is 10.9. The molecule has 0 saturated heterocycles. The number of rotatable bonds is 4. The molecule has 0 heterocycles. The zero-order valence-electron chi connectivity index (χ0n) is 12.3. The molecule has 2 nitrogen and oxygen atoms in total. The maximum atomic E-state index is 10.9. The molecule has 0 unspecified atom stereocenters. The van der Waals surface area contributed by atoms with Crippen molar-refractivity contribution < 1.29 is 9.22 Å². The Balaban J connectivity index is 3.03. The first-order chi connectivity index (χ1) is 8.21. The van der Waals surface area contributed by atoms with Crippen molar-refractivity contribution in [3.8, 4) is 5.75 Å². The van der Waals surface area contributed by atoms with Crippen LogP contribution in [0.1, 0.15) is 43.6 Å². The van der Waals surface area contributed by atoms with E-state index < -0.39 is 8.32 Å². The number of aryl methyl sites for hydroxylation is 1. The lowest BCUT2D eigenvalue weighted by Gasteiger charge is -2.36. The molecule has 0 spiro atoms. The highest BCUT2D eigenvalue weighted by Crippen LogP contribution is 2.37. The van der Waals surface area contributed by atoms with Gasteiger partial charge in [-0.3, -0.25) is 4.79 Å². The lowest BCUT2D eigenvalue weighted by molar-refractivity contribution is 0.112. The zero-order valence-corrected chi connectivity index (χ0v) is 13.3. The molecule has 1 aromatic carbocycles. The molecule has 100 valence electrons. The highest BCUT2D eigenvalue weighted by molar-refractivity contribution is 6.74. The quantitative estimate of drug-likeness (QED) is 0.593. The van der Waals surface area contributed by atoms with E-state index in [0.717, 1.165) is 29.6 Å². The summed E-state index contributed by atoms with van der Waals surface area (Å²) in [6.45, 7) is 13.2. The number of carbonyl (C=O) groups is 1. The molecule has 0 atom stereocenters. The number of aldehydes is 1. The average molecular weight is 264 g/mol. The predicted octanol–water partition coefficient (Wildman–Crippen LogP) is 4.45. The molecule has 0 N–H and O–H groups in total. The first kappa shape index (κ1) is 15.0. The van der Waals surface area contributed by atoms with E-state index in [-0.39, 0.29) is 5.04 Å². The number of benzene rings is 1. The van der Waals surface area contributed by atoms with Gasteiger partial charge < -0.3 is 4.43 Å². The van der Waals surface area contributed by atoms with Crippen LogP contribution >= 0.6 is 0 Å². The van der Waals surface area contributed by atoms with Crippen LogP contribution in [0.4, 0.5) is 0 Å². The van der Waals surface area contributed by atoms with Gasteiger partial charge in [0.15, 0.2) is 0 Å². The summed E-state index contributed by atoms with van der Waals surface area (Å²) >= 11 is 0. The van der Waals surface area contributed by atoms with Crippen LogP contribution in [0.15, 0.2) is 18.2 Å². The van der Waals surface area contributed by atoms with Crippen molar-refractivity contribution in [2.45, 2.75) is 52.2 Å². The van der Waals surface area contributed by atoms with Crippen LogP contribution in [0.5, 0.6) is 5.75 Å². The fourth-order valence-electron chi connectivity index (χ4n) is 1.51. The summed E-state index contributed by atoms with van der Waals surface area (Å²) in [6.07, 6.45) is 1.76. The van der Waals surface area contributed by atoms with Crippen LogP contribution < -0.4 is 4.43 Å². The topological polar surface area (TPSA) is 26.3 Å². The number of carbonyl (C=O) groups excluding carboxylic acids is 1. The summed E-state index contributed by atoms with van der Waals surface area (Å²) < 4.78 is 6.23. The summed E-state index contributed by atoms with van der Waals surface area (Å²) in [7, 11) is -1.80. The summed E-state index contributed by atoms with van der Waals surface area (Å²) in [5.41, 5.74) is 1.82. The Kier molecular flexibility index (Phi) is 4.38. The Morgan fingerprint density at radius 3 is 2.33 bits per heavy atom. The third-order valence-electron chi connectivity index (χ3n) is 3.80. The van der Waals surface area contributed by atoms with Gasteiger partial charge >= 0.3 is 0 Å². The normalized spacial score (nSPS) is 12.3. The molecule has 0 radical (unpaired) electrons. The molecule has 0 aliphatic heterocycles. The average Bonchev–Trinajstić information content (AvgIpc) is 2.26. The lowest BCUT2D eigenvalue weighted by Crippen LogP contribution is -2.43. The van der Waals surface area contributed by atoms with Crippen LogP contribution in [0.3, 0.4) is 0 Å². The third kappa shape index (κ3) is 3.22. The first-order valence-electron chi connectivity index (χ1n) is 6.48. The molecule has 0 saturated carbocycles. The molecule has 0 fully saturated rings. The van der Waals surface area contributed by atoms with Gasteiger partial charge in [0, 0.05) is 5.56 Å². The number of hydrogen-bond donors (Lipinski definition) is 0. The molecule has 0 amide bonds. The fourth-order valence-corrected chi connectivity index (χ4v) is 2.54. The second-order valence-corrected chi connectivity index (χ2v) is 10.9. The van der Waals surface area contributed by atoms with Crippen molar-refractivity contribution in [2.24, 2.45) is 0 Å². The van der Waals surface area contributed by atoms with Crippen LogP contribution in [0, 0.1) is 0 Å². The molecule has 1 aromatic rings. The van der Waals surface area contributed by atoms with E-state index in [9.17, 15) is 4.79 Å². The van der Waals surface area contributed by atoms with Gasteiger partial charge in [0.2, 0.25) is 8.32 Å². The minimum atomic E-state index is -1.80. The van der Waals surface area contributed by atoms with Crippen molar-refractivity contribution in [1.82, 2.24) is 0 Å². The Hall–Kier alpha value is -1.09. The van der Waals surface area contributed by atoms with E-state index in [0.29, 0.717) is 0 Å². The minimum absolute atomic E-state index is 0.183. The Morgan fingerprint density at radius 2 is 1.89 bits per heavy atom.